The minimum absolute atomic E-state index is 0.0522. The summed E-state index contributed by atoms with van der Waals surface area (Å²) in [6.07, 6.45) is 0. The number of hydrogen-bond acceptors (Lipinski definition) is 4. The van der Waals surface area contributed by atoms with Crippen molar-refractivity contribution in [2.75, 3.05) is 16.7 Å². The Morgan fingerprint density at radius 1 is 1.04 bits per heavy atom. The molecule has 3 rings (SSSR count). The van der Waals surface area contributed by atoms with Crippen LogP contribution >= 0.6 is 0 Å². The number of anilines is 2. The molecule has 0 saturated carbocycles. The largest absolute Gasteiger partial charge is 0.311 e. The van der Waals surface area contributed by atoms with Crippen molar-refractivity contribution in [2.45, 2.75) is 25.7 Å². The maximum atomic E-state index is 12.8. The number of sulfonamides is 1. The summed E-state index contributed by atoms with van der Waals surface area (Å²) in [7, 11) is -2.21. The van der Waals surface area contributed by atoms with E-state index >= 15 is 0 Å². The second kappa shape index (κ2) is 6.66. The molecule has 1 N–H and O–H groups in total. The molecule has 1 heterocycles. The zero-order valence-electron chi connectivity index (χ0n) is 15.5. The van der Waals surface area contributed by atoms with Gasteiger partial charge in [0.25, 0.3) is 15.9 Å². The molecule has 2 aromatic carbocycles. The molecule has 1 aliphatic heterocycles. The van der Waals surface area contributed by atoms with E-state index in [9.17, 15) is 18.0 Å². The van der Waals surface area contributed by atoms with E-state index in [4.69, 9.17) is 0 Å². The normalized spacial score (nSPS) is 13.6. The average molecular weight is 384 g/mol. The highest BCUT2D eigenvalue weighted by atomic mass is 32.2. The van der Waals surface area contributed by atoms with Crippen molar-refractivity contribution in [1.82, 2.24) is 0 Å². The number of allylic oxidation sites excluding steroid dienone is 1. The Kier molecular flexibility index (Phi) is 4.65. The summed E-state index contributed by atoms with van der Waals surface area (Å²) in [6.45, 7) is 5.06. The third-order valence-electron chi connectivity index (χ3n) is 4.45. The molecule has 140 valence electrons. The number of nitrogens with zero attached hydrogens (tertiary/aromatic N) is 1. The number of likely N-dealkylation sites (N-methyl/N-ethyl adjacent to an activating group) is 1. The second-order valence-electron chi connectivity index (χ2n) is 6.66. The highest BCUT2D eigenvalue weighted by Crippen LogP contribution is 2.38. The minimum atomic E-state index is -3.88. The molecule has 0 spiro atoms. The molecular formula is C20H20N2O4S. The van der Waals surface area contributed by atoms with Crippen LogP contribution in [-0.2, 0) is 14.8 Å². The van der Waals surface area contributed by atoms with E-state index in [1.54, 1.807) is 31.3 Å². The predicted octanol–water partition coefficient (Wildman–Crippen LogP) is 3.46. The van der Waals surface area contributed by atoms with E-state index in [0.717, 1.165) is 5.57 Å². The van der Waals surface area contributed by atoms with Gasteiger partial charge in [-0.3, -0.25) is 14.3 Å². The smallest absolute Gasteiger partial charge is 0.261 e. The van der Waals surface area contributed by atoms with Gasteiger partial charge in [-0.05, 0) is 51.1 Å². The van der Waals surface area contributed by atoms with Crippen molar-refractivity contribution in [2.24, 2.45) is 0 Å². The van der Waals surface area contributed by atoms with Gasteiger partial charge in [-0.25, -0.2) is 8.42 Å². The number of ketones is 1. The van der Waals surface area contributed by atoms with Crippen LogP contribution in [0.1, 0.15) is 36.7 Å². The molecule has 0 bridgehead atoms. The average Bonchev–Trinajstić information content (AvgIpc) is 2.85. The van der Waals surface area contributed by atoms with Crippen LogP contribution in [-0.4, -0.2) is 27.2 Å². The highest BCUT2D eigenvalue weighted by molar-refractivity contribution is 7.92. The van der Waals surface area contributed by atoms with Crippen LogP contribution in [0.5, 0.6) is 0 Å². The van der Waals surface area contributed by atoms with Crippen molar-refractivity contribution in [1.29, 1.82) is 0 Å². The van der Waals surface area contributed by atoms with Gasteiger partial charge in [0.1, 0.15) is 0 Å². The Morgan fingerprint density at radius 2 is 1.74 bits per heavy atom. The van der Waals surface area contributed by atoms with E-state index in [2.05, 4.69) is 4.72 Å². The van der Waals surface area contributed by atoms with Gasteiger partial charge in [0.05, 0.1) is 10.6 Å². The number of hydrogen-bond donors (Lipinski definition) is 1. The number of fused-ring (bicyclic) bond motifs is 1. The fourth-order valence-corrected chi connectivity index (χ4v) is 4.14. The van der Waals surface area contributed by atoms with E-state index < -0.39 is 10.0 Å². The topological polar surface area (TPSA) is 83.5 Å². The van der Waals surface area contributed by atoms with Crippen molar-refractivity contribution in [3.05, 3.63) is 59.2 Å². The molecule has 0 unspecified atom stereocenters. The van der Waals surface area contributed by atoms with Crippen molar-refractivity contribution in [3.63, 3.8) is 0 Å². The SMILES string of the molecule is CC(=O)c1cccc(NS(=O)(=O)c2ccc3c(c2)C(=C(C)C)C(=O)N3C)c1. The van der Waals surface area contributed by atoms with Crippen molar-refractivity contribution in [3.8, 4) is 0 Å². The quantitative estimate of drug-likeness (QED) is 0.646. The molecule has 27 heavy (non-hydrogen) atoms. The lowest BCUT2D eigenvalue weighted by molar-refractivity contribution is -0.112. The summed E-state index contributed by atoms with van der Waals surface area (Å²) < 4.78 is 28.1. The number of amides is 1. The lowest BCUT2D eigenvalue weighted by Gasteiger charge is -2.12. The van der Waals surface area contributed by atoms with Gasteiger partial charge >= 0.3 is 0 Å². The number of nitrogens with one attached hydrogen (secondary N) is 1. The van der Waals surface area contributed by atoms with E-state index in [-0.39, 0.29) is 16.6 Å². The fraction of sp³-hybridized carbons (Fsp3) is 0.200. The first-order valence-corrected chi connectivity index (χ1v) is 9.84. The van der Waals surface area contributed by atoms with Crippen LogP contribution in [0.2, 0.25) is 0 Å². The van der Waals surface area contributed by atoms with Gasteiger partial charge < -0.3 is 4.90 Å². The summed E-state index contributed by atoms with van der Waals surface area (Å²) in [6, 6.07) is 10.9. The van der Waals surface area contributed by atoms with Crippen molar-refractivity contribution < 1.29 is 18.0 Å². The third-order valence-corrected chi connectivity index (χ3v) is 5.83. The standard InChI is InChI=1S/C20H20N2O4S/c1-12(2)19-17-11-16(8-9-18(17)22(4)20(19)24)27(25,26)21-15-7-5-6-14(10-15)13(3)23/h5-11,21H,1-4H3. The Bertz CT molecular complexity index is 1100. The molecule has 7 heteroatoms. The van der Waals surface area contributed by atoms with Gasteiger partial charge in [0, 0.05) is 29.4 Å². The summed E-state index contributed by atoms with van der Waals surface area (Å²) >= 11 is 0. The first-order valence-electron chi connectivity index (χ1n) is 8.35. The first-order chi connectivity index (χ1) is 12.6. The molecule has 0 saturated heterocycles. The van der Waals surface area contributed by atoms with Gasteiger partial charge in [0.2, 0.25) is 0 Å². The van der Waals surface area contributed by atoms with Crippen molar-refractivity contribution >= 4 is 38.7 Å². The lowest BCUT2D eigenvalue weighted by atomic mass is 10.0. The lowest BCUT2D eigenvalue weighted by Crippen LogP contribution is -2.20. The zero-order valence-corrected chi connectivity index (χ0v) is 16.3. The molecule has 1 aliphatic rings. The summed E-state index contributed by atoms with van der Waals surface area (Å²) in [5, 5.41) is 0. The van der Waals surface area contributed by atoms with Gasteiger partial charge in [-0.2, -0.15) is 0 Å². The molecular weight excluding hydrogens is 364 g/mol. The van der Waals surface area contributed by atoms with E-state index in [0.29, 0.717) is 28.1 Å². The molecule has 6 nitrogen and oxygen atoms in total. The Morgan fingerprint density at radius 3 is 2.37 bits per heavy atom. The molecule has 2 aromatic rings. The Hall–Kier alpha value is -2.93. The summed E-state index contributed by atoms with van der Waals surface area (Å²) in [4.78, 5) is 25.5. The van der Waals surface area contributed by atoms with Crippen LogP contribution in [0.25, 0.3) is 5.57 Å². The minimum Gasteiger partial charge on any atom is -0.311 e. The van der Waals surface area contributed by atoms with Crippen LogP contribution in [0.15, 0.2) is 52.9 Å². The Labute approximate surface area is 158 Å². The maximum Gasteiger partial charge on any atom is 0.261 e. The molecule has 1 amide bonds. The number of carbonyl (C=O) groups excluding carboxylic acids is 2. The third kappa shape index (κ3) is 3.38. The summed E-state index contributed by atoms with van der Waals surface area (Å²) in [5.41, 5.74) is 3.34. The molecule has 0 aliphatic carbocycles. The van der Waals surface area contributed by atoms with Gasteiger partial charge in [-0.1, -0.05) is 17.7 Å². The van der Waals surface area contributed by atoms with Crippen LogP contribution in [0.3, 0.4) is 0 Å². The van der Waals surface area contributed by atoms with Crippen LogP contribution in [0.4, 0.5) is 11.4 Å². The number of benzene rings is 2. The number of Topliss-reactive ketones (excluding diaryl/α,β-unsaturated/α-hetero) is 1. The summed E-state index contributed by atoms with van der Waals surface area (Å²) in [5.74, 6) is -0.301. The molecule has 0 radical (unpaired) electrons. The second-order valence-corrected chi connectivity index (χ2v) is 8.34. The molecule has 0 atom stereocenters. The van der Waals surface area contributed by atoms with Crippen LogP contribution < -0.4 is 9.62 Å². The van der Waals surface area contributed by atoms with E-state index in [1.807, 2.05) is 13.8 Å². The maximum absolute atomic E-state index is 12.8. The van der Waals surface area contributed by atoms with Gasteiger partial charge in [0.15, 0.2) is 5.78 Å². The van der Waals surface area contributed by atoms with Gasteiger partial charge in [-0.15, -0.1) is 0 Å². The fourth-order valence-electron chi connectivity index (χ4n) is 3.07. The first kappa shape index (κ1) is 18.8. The van der Waals surface area contributed by atoms with E-state index in [1.165, 1.54) is 30.0 Å². The molecule has 0 fully saturated rings. The number of rotatable bonds is 4. The Balaban J connectivity index is 2.03. The monoisotopic (exact) mass is 384 g/mol. The predicted molar refractivity (Wildman–Crippen MR) is 105 cm³/mol. The highest BCUT2D eigenvalue weighted by Gasteiger charge is 2.32. The molecule has 0 aromatic heterocycles. The number of carbonyl (C=O) groups is 2. The zero-order chi connectivity index (χ0) is 19.9. The van der Waals surface area contributed by atoms with Crippen LogP contribution in [0, 0.1) is 0 Å².